The molecule has 1 aliphatic rings. The smallest absolute Gasteiger partial charge is 0.151 e. The third-order valence-electron chi connectivity index (χ3n) is 4.01. The predicted octanol–water partition coefficient (Wildman–Crippen LogP) is 1.23. The van der Waals surface area contributed by atoms with E-state index in [4.69, 9.17) is 0 Å². The van der Waals surface area contributed by atoms with Gasteiger partial charge >= 0.3 is 0 Å². The summed E-state index contributed by atoms with van der Waals surface area (Å²) in [5, 5.41) is 13.9. The molecule has 0 heterocycles. The number of fused-ring (bicyclic) bond motifs is 1. The van der Waals surface area contributed by atoms with Crippen molar-refractivity contribution in [2.75, 3.05) is 18.1 Å². The Hall–Kier alpha value is -0.910. The normalized spacial score (nSPS) is 23.6. The molecular formula is C15H23NO3S. The van der Waals surface area contributed by atoms with Crippen molar-refractivity contribution in [3.63, 3.8) is 0 Å². The lowest BCUT2D eigenvalue weighted by Gasteiger charge is -2.26. The van der Waals surface area contributed by atoms with Crippen molar-refractivity contribution in [2.45, 2.75) is 38.3 Å². The Bertz CT molecular complexity index is 570. The van der Waals surface area contributed by atoms with Crippen LogP contribution < -0.4 is 5.32 Å². The number of aryl methyl sites for hydroxylation is 1. The molecule has 0 aromatic heterocycles. The van der Waals surface area contributed by atoms with Gasteiger partial charge in [-0.1, -0.05) is 31.2 Å². The van der Waals surface area contributed by atoms with Crippen LogP contribution in [0.5, 0.6) is 0 Å². The summed E-state index contributed by atoms with van der Waals surface area (Å²) in [5.74, 6) is 0.271. The minimum atomic E-state index is -2.99. The summed E-state index contributed by atoms with van der Waals surface area (Å²) in [6.45, 7) is 3.89. The second kappa shape index (κ2) is 5.84. The maximum atomic E-state index is 11.6. The first-order valence-electron chi connectivity index (χ1n) is 7.11. The quantitative estimate of drug-likeness (QED) is 0.829. The topological polar surface area (TPSA) is 66.4 Å². The van der Waals surface area contributed by atoms with Gasteiger partial charge in [-0.3, -0.25) is 0 Å². The van der Waals surface area contributed by atoms with Crippen LogP contribution in [0.4, 0.5) is 0 Å². The van der Waals surface area contributed by atoms with Gasteiger partial charge in [-0.05, 0) is 30.9 Å². The SMILES string of the molecule is CCS(=O)(=O)CC(C)NCC1(O)CCc2ccccc21. The van der Waals surface area contributed by atoms with E-state index >= 15 is 0 Å². The summed E-state index contributed by atoms with van der Waals surface area (Å²) in [6.07, 6.45) is 1.56. The van der Waals surface area contributed by atoms with Gasteiger partial charge in [0.1, 0.15) is 5.60 Å². The van der Waals surface area contributed by atoms with E-state index in [1.54, 1.807) is 6.92 Å². The van der Waals surface area contributed by atoms with Gasteiger partial charge in [0.25, 0.3) is 0 Å². The fourth-order valence-corrected chi connectivity index (χ4v) is 3.87. The highest BCUT2D eigenvalue weighted by atomic mass is 32.2. The Balaban J connectivity index is 1.98. The molecule has 2 N–H and O–H groups in total. The molecule has 2 unspecified atom stereocenters. The first kappa shape index (κ1) is 15.5. The van der Waals surface area contributed by atoms with Crippen LogP contribution in [0.15, 0.2) is 24.3 Å². The molecule has 4 nitrogen and oxygen atoms in total. The van der Waals surface area contributed by atoms with E-state index in [2.05, 4.69) is 5.32 Å². The molecule has 0 amide bonds. The van der Waals surface area contributed by atoms with Crippen molar-refractivity contribution in [1.82, 2.24) is 5.32 Å². The molecule has 0 spiro atoms. The van der Waals surface area contributed by atoms with Gasteiger partial charge in [-0.2, -0.15) is 0 Å². The lowest BCUT2D eigenvalue weighted by atomic mass is 9.96. The van der Waals surface area contributed by atoms with Crippen molar-refractivity contribution < 1.29 is 13.5 Å². The molecule has 20 heavy (non-hydrogen) atoms. The number of nitrogens with one attached hydrogen (secondary N) is 1. The van der Waals surface area contributed by atoms with Gasteiger partial charge < -0.3 is 10.4 Å². The highest BCUT2D eigenvalue weighted by Crippen LogP contribution is 2.36. The van der Waals surface area contributed by atoms with Crippen molar-refractivity contribution in [3.05, 3.63) is 35.4 Å². The van der Waals surface area contributed by atoms with Gasteiger partial charge in [-0.15, -0.1) is 0 Å². The lowest BCUT2D eigenvalue weighted by Crippen LogP contribution is -2.43. The van der Waals surface area contributed by atoms with E-state index in [0.717, 1.165) is 12.0 Å². The number of hydrogen-bond donors (Lipinski definition) is 2. The van der Waals surface area contributed by atoms with Crippen molar-refractivity contribution in [1.29, 1.82) is 0 Å². The molecule has 1 aromatic rings. The van der Waals surface area contributed by atoms with Gasteiger partial charge in [-0.25, -0.2) is 8.42 Å². The Morgan fingerprint density at radius 1 is 1.40 bits per heavy atom. The molecule has 2 atom stereocenters. The number of rotatable bonds is 6. The van der Waals surface area contributed by atoms with Crippen LogP contribution in [-0.4, -0.2) is 37.6 Å². The van der Waals surface area contributed by atoms with Crippen LogP contribution in [0.1, 0.15) is 31.4 Å². The maximum absolute atomic E-state index is 11.6. The van der Waals surface area contributed by atoms with E-state index < -0.39 is 15.4 Å². The van der Waals surface area contributed by atoms with E-state index in [0.29, 0.717) is 13.0 Å². The molecule has 0 saturated carbocycles. The zero-order valence-electron chi connectivity index (χ0n) is 12.1. The highest BCUT2D eigenvalue weighted by Gasteiger charge is 2.36. The molecule has 112 valence electrons. The zero-order valence-corrected chi connectivity index (χ0v) is 12.9. The number of hydrogen-bond acceptors (Lipinski definition) is 4. The minimum absolute atomic E-state index is 0.112. The number of sulfone groups is 1. The van der Waals surface area contributed by atoms with E-state index in [-0.39, 0.29) is 17.5 Å². The van der Waals surface area contributed by atoms with Crippen LogP contribution in [0.2, 0.25) is 0 Å². The van der Waals surface area contributed by atoms with Crippen LogP contribution >= 0.6 is 0 Å². The molecule has 2 rings (SSSR count). The fraction of sp³-hybridized carbons (Fsp3) is 0.600. The molecule has 0 radical (unpaired) electrons. The Morgan fingerprint density at radius 2 is 2.10 bits per heavy atom. The molecule has 0 fully saturated rings. The van der Waals surface area contributed by atoms with E-state index in [1.165, 1.54) is 5.56 Å². The van der Waals surface area contributed by atoms with Gasteiger partial charge in [0, 0.05) is 18.3 Å². The number of aliphatic hydroxyl groups is 1. The highest BCUT2D eigenvalue weighted by molar-refractivity contribution is 7.91. The molecule has 0 bridgehead atoms. The third-order valence-corrected chi connectivity index (χ3v) is 5.90. The monoisotopic (exact) mass is 297 g/mol. The molecule has 1 aliphatic carbocycles. The van der Waals surface area contributed by atoms with Gasteiger partial charge in [0.2, 0.25) is 0 Å². The largest absolute Gasteiger partial charge is 0.384 e. The summed E-state index contributed by atoms with van der Waals surface area (Å²) >= 11 is 0. The molecule has 5 heteroatoms. The van der Waals surface area contributed by atoms with Gasteiger partial charge in [0.15, 0.2) is 9.84 Å². The summed E-state index contributed by atoms with van der Waals surface area (Å²) in [6, 6.07) is 7.75. The van der Waals surface area contributed by atoms with E-state index in [9.17, 15) is 13.5 Å². The average molecular weight is 297 g/mol. The zero-order chi connectivity index (χ0) is 14.8. The third kappa shape index (κ3) is 3.40. The predicted molar refractivity (Wildman–Crippen MR) is 80.5 cm³/mol. The van der Waals surface area contributed by atoms with Crippen LogP contribution in [-0.2, 0) is 21.9 Å². The second-order valence-electron chi connectivity index (χ2n) is 5.67. The molecular weight excluding hydrogens is 274 g/mol. The molecule has 1 aromatic carbocycles. The van der Waals surface area contributed by atoms with Crippen LogP contribution in [0.3, 0.4) is 0 Å². The molecule has 0 saturated heterocycles. The number of benzene rings is 1. The first-order chi connectivity index (χ1) is 9.36. The summed E-state index contributed by atoms with van der Waals surface area (Å²) in [4.78, 5) is 0. The Labute approximate surface area is 121 Å². The van der Waals surface area contributed by atoms with Crippen molar-refractivity contribution in [2.24, 2.45) is 0 Å². The van der Waals surface area contributed by atoms with Crippen LogP contribution in [0.25, 0.3) is 0 Å². The second-order valence-corrected chi connectivity index (χ2v) is 8.07. The maximum Gasteiger partial charge on any atom is 0.151 e. The average Bonchev–Trinajstić information content (AvgIpc) is 2.75. The summed E-state index contributed by atoms with van der Waals surface area (Å²) < 4.78 is 23.2. The van der Waals surface area contributed by atoms with Crippen LogP contribution in [0, 0.1) is 0 Å². The van der Waals surface area contributed by atoms with Gasteiger partial charge in [0.05, 0.1) is 5.75 Å². The lowest BCUT2D eigenvalue weighted by molar-refractivity contribution is 0.0369. The Morgan fingerprint density at radius 3 is 2.80 bits per heavy atom. The summed E-state index contributed by atoms with van der Waals surface area (Å²) in [5.41, 5.74) is 1.28. The molecule has 0 aliphatic heterocycles. The minimum Gasteiger partial charge on any atom is -0.384 e. The first-order valence-corrected chi connectivity index (χ1v) is 8.93. The fourth-order valence-electron chi connectivity index (χ4n) is 2.75. The van der Waals surface area contributed by atoms with Crippen molar-refractivity contribution >= 4 is 9.84 Å². The van der Waals surface area contributed by atoms with E-state index in [1.807, 2.05) is 31.2 Å². The Kier molecular flexibility index (Phi) is 4.52. The standard InChI is InChI=1S/C15H23NO3S/c1-3-20(18,19)10-12(2)16-11-15(17)9-8-13-6-4-5-7-14(13)15/h4-7,12,16-17H,3,8-11H2,1-2H3. The summed E-state index contributed by atoms with van der Waals surface area (Å²) in [7, 11) is -2.99. The van der Waals surface area contributed by atoms with Crippen molar-refractivity contribution in [3.8, 4) is 0 Å².